The van der Waals surface area contributed by atoms with Gasteiger partial charge in [0.1, 0.15) is 5.82 Å². The highest BCUT2D eigenvalue weighted by molar-refractivity contribution is 7.13. The van der Waals surface area contributed by atoms with Crippen LogP contribution < -0.4 is 4.90 Å². The number of thiophene rings is 1. The Morgan fingerprint density at radius 1 is 1.12 bits per heavy atom. The summed E-state index contributed by atoms with van der Waals surface area (Å²) in [5.41, 5.74) is 0.801. The Kier molecular flexibility index (Phi) is 4.55. The van der Waals surface area contributed by atoms with Crippen LogP contribution in [0.3, 0.4) is 0 Å². The lowest BCUT2D eigenvalue weighted by atomic mass is 10.2. The van der Waals surface area contributed by atoms with Gasteiger partial charge in [0.25, 0.3) is 0 Å². The second kappa shape index (κ2) is 6.98. The van der Waals surface area contributed by atoms with E-state index in [1.807, 2.05) is 41.5 Å². The molecule has 0 N–H and O–H groups in total. The number of fused-ring (bicyclic) bond motifs is 1. The van der Waals surface area contributed by atoms with Crippen molar-refractivity contribution in [3.63, 3.8) is 0 Å². The van der Waals surface area contributed by atoms with Gasteiger partial charge >= 0.3 is 0 Å². The standard InChI is InChI=1S/C19H19N3OS2/c1-14(13-15-5-4-12-24-15)19(23)22-10-8-21(9-11-22)18-16-6-2-3-7-17(16)25-20-18/h2-7,12-13H,8-11H2,1H3. The molecule has 0 bridgehead atoms. The Labute approximate surface area is 155 Å². The molecule has 0 atom stereocenters. The maximum Gasteiger partial charge on any atom is 0.249 e. The zero-order valence-electron chi connectivity index (χ0n) is 14.0. The van der Waals surface area contributed by atoms with Gasteiger partial charge in [0.05, 0.1) is 4.70 Å². The number of amides is 1. The summed E-state index contributed by atoms with van der Waals surface area (Å²) in [5, 5.41) is 3.24. The van der Waals surface area contributed by atoms with Crippen molar-refractivity contribution in [2.45, 2.75) is 6.92 Å². The number of carbonyl (C=O) groups excluding carboxylic acids is 1. The van der Waals surface area contributed by atoms with E-state index in [1.54, 1.807) is 22.9 Å². The van der Waals surface area contributed by atoms with E-state index in [-0.39, 0.29) is 5.91 Å². The third kappa shape index (κ3) is 3.32. The molecule has 4 rings (SSSR count). The lowest BCUT2D eigenvalue weighted by Gasteiger charge is -2.35. The molecule has 0 saturated carbocycles. The summed E-state index contributed by atoms with van der Waals surface area (Å²) in [4.78, 5) is 18.0. The predicted octanol–water partition coefficient (Wildman–Crippen LogP) is 4.11. The zero-order valence-corrected chi connectivity index (χ0v) is 15.6. The molecule has 1 aliphatic rings. The van der Waals surface area contributed by atoms with Gasteiger partial charge in [-0.15, -0.1) is 11.3 Å². The van der Waals surface area contributed by atoms with Crippen molar-refractivity contribution in [3.8, 4) is 0 Å². The topological polar surface area (TPSA) is 36.4 Å². The molecular weight excluding hydrogens is 350 g/mol. The highest BCUT2D eigenvalue weighted by Gasteiger charge is 2.24. The molecule has 6 heteroatoms. The molecule has 128 valence electrons. The molecule has 0 unspecified atom stereocenters. The number of rotatable bonds is 3. The molecule has 1 fully saturated rings. The maximum atomic E-state index is 12.7. The van der Waals surface area contributed by atoms with E-state index in [0.717, 1.165) is 42.4 Å². The molecule has 1 amide bonds. The average molecular weight is 370 g/mol. The molecule has 25 heavy (non-hydrogen) atoms. The molecule has 1 aromatic carbocycles. The fourth-order valence-corrected chi connectivity index (χ4v) is 4.63. The van der Waals surface area contributed by atoms with Crippen molar-refractivity contribution in [1.82, 2.24) is 9.27 Å². The van der Waals surface area contributed by atoms with Gasteiger partial charge in [-0.25, -0.2) is 0 Å². The van der Waals surface area contributed by atoms with Crippen LogP contribution in [0, 0.1) is 0 Å². The zero-order chi connectivity index (χ0) is 17.2. The molecule has 4 nitrogen and oxygen atoms in total. The van der Waals surface area contributed by atoms with Gasteiger partial charge in [0, 0.05) is 42.0 Å². The van der Waals surface area contributed by atoms with Gasteiger partial charge in [-0.05, 0) is 48.1 Å². The van der Waals surface area contributed by atoms with Crippen molar-refractivity contribution in [1.29, 1.82) is 0 Å². The van der Waals surface area contributed by atoms with E-state index in [0.29, 0.717) is 0 Å². The fourth-order valence-electron chi connectivity index (χ4n) is 3.12. The summed E-state index contributed by atoms with van der Waals surface area (Å²) in [6.45, 7) is 5.03. The largest absolute Gasteiger partial charge is 0.352 e. The van der Waals surface area contributed by atoms with Crippen LogP contribution in [0.5, 0.6) is 0 Å². The Morgan fingerprint density at radius 3 is 2.68 bits per heavy atom. The molecule has 2 aromatic heterocycles. The maximum absolute atomic E-state index is 12.7. The SMILES string of the molecule is CC(=Cc1cccs1)C(=O)N1CCN(c2nsc3ccccc23)CC1. The smallest absolute Gasteiger partial charge is 0.249 e. The van der Waals surface area contributed by atoms with Crippen molar-refractivity contribution in [2.75, 3.05) is 31.1 Å². The molecule has 0 aliphatic carbocycles. The van der Waals surface area contributed by atoms with E-state index in [9.17, 15) is 4.79 Å². The number of aromatic nitrogens is 1. The highest BCUT2D eigenvalue weighted by atomic mass is 32.1. The molecule has 3 heterocycles. The van der Waals surface area contributed by atoms with Crippen LogP contribution in [0.25, 0.3) is 16.2 Å². The van der Waals surface area contributed by atoms with Crippen LogP contribution in [-0.2, 0) is 4.79 Å². The lowest BCUT2D eigenvalue weighted by molar-refractivity contribution is -0.127. The van der Waals surface area contributed by atoms with Crippen molar-refractivity contribution >= 4 is 50.8 Å². The van der Waals surface area contributed by atoms with Crippen molar-refractivity contribution in [2.24, 2.45) is 0 Å². The summed E-state index contributed by atoms with van der Waals surface area (Å²) in [6.07, 6.45) is 1.98. The summed E-state index contributed by atoms with van der Waals surface area (Å²) in [5.74, 6) is 1.19. The van der Waals surface area contributed by atoms with Gasteiger partial charge in [0.2, 0.25) is 5.91 Å². The minimum atomic E-state index is 0.135. The Bertz CT molecular complexity index is 906. The summed E-state index contributed by atoms with van der Waals surface area (Å²) < 4.78 is 5.84. The third-order valence-electron chi connectivity index (χ3n) is 4.46. The number of anilines is 1. The van der Waals surface area contributed by atoms with Crippen LogP contribution >= 0.6 is 22.9 Å². The first-order valence-electron chi connectivity index (χ1n) is 8.33. The number of hydrogen-bond donors (Lipinski definition) is 0. The van der Waals surface area contributed by atoms with E-state index >= 15 is 0 Å². The van der Waals surface area contributed by atoms with Crippen LogP contribution in [0.4, 0.5) is 5.82 Å². The van der Waals surface area contributed by atoms with Crippen LogP contribution in [-0.4, -0.2) is 41.4 Å². The van der Waals surface area contributed by atoms with Crippen LogP contribution in [0.2, 0.25) is 0 Å². The molecule has 1 saturated heterocycles. The monoisotopic (exact) mass is 369 g/mol. The first kappa shape index (κ1) is 16.3. The molecule has 0 radical (unpaired) electrons. The van der Waals surface area contributed by atoms with E-state index < -0.39 is 0 Å². The number of piperazine rings is 1. The summed E-state index contributed by atoms with van der Waals surface area (Å²) >= 11 is 3.19. The summed E-state index contributed by atoms with van der Waals surface area (Å²) in [6, 6.07) is 12.4. The van der Waals surface area contributed by atoms with Gasteiger partial charge in [0.15, 0.2) is 0 Å². The summed E-state index contributed by atoms with van der Waals surface area (Å²) in [7, 11) is 0. The number of hydrogen-bond acceptors (Lipinski definition) is 5. The van der Waals surface area contributed by atoms with Gasteiger partial charge in [-0.1, -0.05) is 18.2 Å². The van der Waals surface area contributed by atoms with Crippen LogP contribution in [0.15, 0.2) is 47.4 Å². The van der Waals surface area contributed by atoms with Crippen molar-refractivity contribution in [3.05, 3.63) is 52.2 Å². The predicted molar refractivity (Wildman–Crippen MR) is 106 cm³/mol. The Morgan fingerprint density at radius 2 is 1.92 bits per heavy atom. The van der Waals surface area contributed by atoms with Crippen LogP contribution in [0.1, 0.15) is 11.8 Å². The average Bonchev–Trinajstić information content (AvgIpc) is 3.31. The van der Waals surface area contributed by atoms with Gasteiger partial charge in [-0.2, -0.15) is 4.37 Å². The second-order valence-corrected chi connectivity index (χ2v) is 7.91. The molecular formula is C19H19N3OS2. The highest BCUT2D eigenvalue weighted by Crippen LogP contribution is 2.30. The lowest BCUT2D eigenvalue weighted by Crippen LogP contribution is -2.49. The molecule has 1 aliphatic heterocycles. The minimum Gasteiger partial charge on any atom is -0.352 e. The quantitative estimate of drug-likeness (QED) is 0.652. The van der Waals surface area contributed by atoms with E-state index in [4.69, 9.17) is 0 Å². The van der Waals surface area contributed by atoms with E-state index in [1.165, 1.54) is 10.1 Å². The number of nitrogens with zero attached hydrogens (tertiary/aromatic N) is 3. The number of benzene rings is 1. The second-order valence-electron chi connectivity index (χ2n) is 6.12. The molecule has 0 spiro atoms. The third-order valence-corrected chi connectivity index (χ3v) is 6.10. The molecule has 3 aromatic rings. The fraction of sp³-hybridized carbons (Fsp3) is 0.263. The first-order valence-corrected chi connectivity index (χ1v) is 9.98. The Balaban J connectivity index is 1.44. The van der Waals surface area contributed by atoms with Gasteiger partial charge < -0.3 is 9.80 Å². The Hall–Kier alpha value is -2.18. The minimum absolute atomic E-state index is 0.135. The van der Waals surface area contributed by atoms with Crippen molar-refractivity contribution < 1.29 is 4.79 Å². The first-order chi connectivity index (χ1) is 12.2. The number of carbonyl (C=O) groups is 1. The van der Waals surface area contributed by atoms with Gasteiger partial charge in [-0.3, -0.25) is 4.79 Å². The normalized spacial score (nSPS) is 15.8. The van der Waals surface area contributed by atoms with E-state index in [2.05, 4.69) is 27.5 Å².